The molecule has 0 aliphatic heterocycles. The smallest absolute Gasteiger partial charge is 0.267 e. The van der Waals surface area contributed by atoms with Gasteiger partial charge in [0, 0.05) is 11.8 Å². The van der Waals surface area contributed by atoms with Gasteiger partial charge in [0.25, 0.3) is 0 Å². The lowest BCUT2D eigenvalue weighted by Crippen LogP contribution is -2.16. The lowest BCUT2D eigenvalue weighted by molar-refractivity contribution is 0.642. The molecule has 3 rings (SSSR count). The molecule has 0 unspecified atom stereocenters. The summed E-state index contributed by atoms with van der Waals surface area (Å²) in [5, 5.41) is 7.97. The molecule has 0 amide bonds. The van der Waals surface area contributed by atoms with Crippen molar-refractivity contribution in [3.8, 4) is 0 Å². The molecule has 8 heteroatoms. The second-order valence-electron chi connectivity index (χ2n) is 4.29. The molecule has 1 aliphatic carbocycles. The molecule has 0 spiro atoms. The van der Waals surface area contributed by atoms with Crippen LogP contribution in [0.4, 0.5) is 0 Å². The number of aromatic amines is 1. The Morgan fingerprint density at radius 2 is 2.21 bits per heavy atom. The molecule has 2 aromatic heterocycles. The Labute approximate surface area is 123 Å². The molecular weight excluding hydrogens is 307 g/mol. The molecule has 100 valence electrons. The SMILES string of the molecule is O=c1[nH]nc(SCc2ccc(Cl)nc2Cl)n1C1CC1. The van der Waals surface area contributed by atoms with Gasteiger partial charge >= 0.3 is 5.69 Å². The van der Waals surface area contributed by atoms with Gasteiger partial charge in [0.2, 0.25) is 0 Å². The fourth-order valence-corrected chi connectivity index (χ4v) is 3.23. The Hall–Kier alpha value is -0.980. The molecule has 2 heterocycles. The van der Waals surface area contributed by atoms with Crippen LogP contribution in [0, 0.1) is 0 Å². The van der Waals surface area contributed by atoms with E-state index in [1.165, 1.54) is 11.8 Å². The number of rotatable bonds is 4. The maximum atomic E-state index is 11.6. The highest BCUT2D eigenvalue weighted by Gasteiger charge is 2.28. The van der Waals surface area contributed by atoms with Gasteiger partial charge in [-0.1, -0.05) is 41.0 Å². The monoisotopic (exact) mass is 316 g/mol. The lowest BCUT2D eigenvalue weighted by atomic mass is 10.3. The number of pyridine rings is 1. The van der Waals surface area contributed by atoms with Crippen LogP contribution in [-0.4, -0.2) is 19.7 Å². The van der Waals surface area contributed by atoms with Gasteiger partial charge in [-0.15, -0.1) is 5.10 Å². The summed E-state index contributed by atoms with van der Waals surface area (Å²) in [5.74, 6) is 0.597. The zero-order valence-corrected chi connectivity index (χ0v) is 12.1. The number of nitrogens with zero attached hydrogens (tertiary/aromatic N) is 3. The van der Waals surface area contributed by atoms with Gasteiger partial charge in [-0.2, -0.15) is 0 Å². The molecule has 19 heavy (non-hydrogen) atoms. The van der Waals surface area contributed by atoms with Crippen LogP contribution in [0.3, 0.4) is 0 Å². The molecule has 0 atom stereocenters. The first-order chi connectivity index (χ1) is 9.15. The van der Waals surface area contributed by atoms with Crippen molar-refractivity contribution in [1.29, 1.82) is 0 Å². The van der Waals surface area contributed by atoms with Gasteiger partial charge in [0.05, 0.1) is 0 Å². The van der Waals surface area contributed by atoms with Crippen molar-refractivity contribution >= 4 is 35.0 Å². The van der Waals surface area contributed by atoms with Gasteiger partial charge in [0.1, 0.15) is 10.3 Å². The minimum absolute atomic E-state index is 0.148. The molecule has 1 saturated carbocycles. The molecule has 0 aromatic carbocycles. The molecule has 1 fully saturated rings. The molecule has 1 N–H and O–H groups in total. The van der Waals surface area contributed by atoms with Gasteiger partial charge in [0.15, 0.2) is 5.16 Å². The van der Waals surface area contributed by atoms with Crippen LogP contribution >= 0.6 is 35.0 Å². The number of hydrogen-bond acceptors (Lipinski definition) is 4. The molecule has 0 bridgehead atoms. The molecule has 0 radical (unpaired) electrons. The summed E-state index contributed by atoms with van der Waals surface area (Å²) in [6.45, 7) is 0. The van der Waals surface area contributed by atoms with Crippen molar-refractivity contribution in [2.24, 2.45) is 0 Å². The predicted molar refractivity (Wildman–Crippen MR) is 74.9 cm³/mol. The van der Waals surface area contributed by atoms with Crippen LogP contribution in [0.15, 0.2) is 22.1 Å². The molecule has 0 saturated heterocycles. The molecular formula is C11H10Cl2N4OS. The van der Waals surface area contributed by atoms with Crippen molar-refractivity contribution < 1.29 is 0 Å². The summed E-state index contributed by atoms with van der Waals surface area (Å²) in [6.07, 6.45) is 2.08. The summed E-state index contributed by atoms with van der Waals surface area (Å²) in [6, 6.07) is 3.83. The first-order valence-electron chi connectivity index (χ1n) is 5.76. The second kappa shape index (κ2) is 5.19. The van der Waals surface area contributed by atoms with E-state index in [-0.39, 0.29) is 5.69 Å². The summed E-state index contributed by atoms with van der Waals surface area (Å²) in [7, 11) is 0. The zero-order valence-electron chi connectivity index (χ0n) is 9.77. The summed E-state index contributed by atoms with van der Waals surface area (Å²) >= 11 is 13.2. The highest BCUT2D eigenvalue weighted by atomic mass is 35.5. The quantitative estimate of drug-likeness (QED) is 0.696. The number of hydrogen-bond donors (Lipinski definition) is 1. The van der Waals surface area contributed by atoms with E-state index in [9.17, 15) is 4.79 Å². The Balaban J connectivity index is 1.77. The Morgan fingerprint density at radius 3 is 2.89 bits per heavy atom. The van der Waals surface area contributed by atoms with Gasteiger partial charge in [-0.05, 0) is 24.5 Å². The van der Waals surface area contributed by atoms with Crippen LogP contribution in [-0.2, 0) is 5.75 Å². The van der Waals surface area contributed by atoms with E-state index in [4.69, 9.17) is 23.2 Å². The summed E-state index contributed by atoms with van der Waals surface area (Å²) in [5.41, 5.74) is 0.721. The second-order valence-corrected chi connectivity index (χ2v) is 5.97. The highest BCUT2D eigenvalue weighted by molar-refractivity contribution is 7.98. The topological polar surface area (TPSA) is 63.6 Å². The molecule has 1 aliphatic rings. The number of H-pyrrole nitrogens is 1. The summed E-state index contributed by atoms with van der Waals surface area (Å²) in [4.78, 5) is 15.6. The van der Waals surface area contributed by atoms with Gasteiger partial charge < -0.3 is 0 Å². The Morgan fingerprint density at radius 1 is 1.42 bits per heavy atom. The largest absolute Gasteiger partial charge is 0.344 e. The Kier molecular flexibility index (Phi) is 3.56. The third kappa shape index (κ3) is 2.80. The number of thioether (sulfide) groups is 1. The van der Waals surface area contributed by atoms with Gasteiger partial charge in [-0.3, -0.25) is 4.57 Å². The van der Waals surface area contributed by atoms with Crippen molar-refractivity contribution in [1.82, 2.24) is 19.7 Å². The third-order valence-corrected chi connectivity index (χ3v) is 4.37. The van der Waals surface area contributed by atoms with Crippen molar-refractivity contribution in [2.45, 2.75) is 29.8 Å². The van der Waals surface area contributed by atoms with Gasteiger partial charge in [-0.25, -0.2) is 14.9 Å². The fourth-order valence-electron chi connectivity index (χ4n) is 1.74. The van der Waals surface area contributed by atoms with Crippen molar-refractivity contribution in [3.05, 3.63) is 38.5 Å². The maximum absolute atomic E-state index is 11.6. The van der Waals surface area contributed by atoms with Crippen LogP contribution in [0.2, 0.25) is 10.3 Å². The first-order valence-corrected chi connectivity index (χ1v) is 7.50. The van der Waals surface area contributed by atoms with E-state index < -0.39 is 0 Å². The van der Waals surface area contributed by atoms with E-state index in [2.05, 4.69) is 15.2 Å². The summed E-state index contributed by atoms with van der Waals surface area (Å²) < 4.78 is 1.71. The average molecular weight is 317 g/mol. The predicted octanol–water partition coefficient (Wildman–Crippen LogP) is 2.90. The van der Waals surface area contributed by atoms with E-state index in [0.29, 0.717) is 27.3 Å². The van der Waals surface area contributed by atoms with Crippen LogP contribution in [0.5, 0.6) is 0 Å². The fraction of sp³-hybridized carbons (Fsp3) is 0.364. The standard InChI is InChI=1S/C11H10Cl2N4OS/c12-8-4-1-6(9(13)14-8)5-19-11-16-15-10(18)17(11)7-2-3-7/h1,4,7H,2-3,5H2,(H,15,18). The van der Waals surface area contributed by atoms with E-state index in [1.54, 1.807) is 10.6 Å². The Bertz CT molecular complexity index is 665. The van der Waals surface area contributed by atoms with Crippen molar-refractivity contribution in [2.75, 3.05) is 0 Å². The highest BCUT2D eigenvalue weighted by Crippen LogP contribution is 2.36. The normalized spacial score (nSPS) is 14.8. The van der Waals surface area contributed by atoms with Crippen LogP contribution in [0.25, 0.3) is 0 Å². The van der Waals surface area contributed by atoms with Crippen LogP contribution < -0.4 is 5.69 Å². The zero-order chi connectivity index (χ0) is 13.4. The van der Waals surface area contributed by atoms with E-state index >= 15 is 0 Å². The van der Waals surface area contributed by atoms with E-state index in [0.717, 1.165) is 18.4 Å². The minimum atomic E-state index is -0.148. The maximum Gasteiger partial charge on any atom is 0.344 e. The van der Waals surface area contributed by atoms with E-state index in [1.807, 2.05) is 6.07 Å². The van der Waals surface area contributed by atoms with Crippen LogP contribution in [0.1, 0.15) is 24.4 Å². The van der Waals surface area contributed by atoms with Crippen molar-refractivity contribution in [3.63, 3.8) is 0 Å². The first kappa shape index (κ1) is 13.0. The number of aromatic nitrogens is 4. The number of nitrogens with one attached hydrogen (secondary N) is 1. The average Bonchev–Trinajstić information content (AvgIpc) is 3.13. The number of halogens is 2. The molecule has 2 aromatic rings. The minimum Gasteiger partial charge on any atom is -0.267 e. The third-order valence-electron chi connectivity index (χ3n) is 2.83. The molecule has 5 nitrogen and oxygen atoms in total. The lowest BCUT2D eigenvalue weighted by Gasteiger charge is -2.05.